The van der Waals surface area contributed by atoms with Crippen LogP contribution in [0.3, 0.4) is 0 Å². The zero-order chi connectivity index (χ0) is 14.0. The van der Waals surface area contributed by atoms with E-state index in [2.05, 4.69) is 9.37 Å². The second-order valence-corrected chi connectivity index (χ2v) is 5.69. The minimum absolute atomic E-state index is 0.130. The van der Waals surface area contributed by atoms with E-state index in [-0.39, 0.29) is 15.5 Å². The predicted octanol–water partition coefficient (Wildman–Crippen LogP) is 2.22. The highest BCUT2D eigenvalue weighted by molar-refractivity contribution is 7.94. The van der Waals surface area contributed by atoms with E-state index >= 15 is 0 Å². The van der Waals surface area contributed by atoms with Crippen molar-refractivity contribution in [2.45, 2.75) is 9.79 Å². The second kappa shape index (κ2) is 5.33. The van der Waals surface area contributed by atoms with Crippen molar-refractivity contribution >= 4 is 32.9 Å². The van der Waals surface area contributed by atoms with Crippen molar-refractivity contribution in [1.29, 1.82) is 0 Å². The van der Waals surface area contributed by atoms with Gasteiger partial charge in [0.15, 0.2) is 0 Å². The number of fused-ring (bicyclic) bond motifs is 1. The van der Waals surface area contributed by atoms with Gasteiger partial charge in [-0.2, -0.15) is 8.42 Å². The fourth-order valence-electron chi connectivity index (χ4n) is 1.52. The van der Waals surface area contributed by atoms with E-state index in [0.29, 0.717) is 22.8 Å². The van der Waals surface area contributed by atoms with Crippen LogP contribution in [0.1, 0.15) is 0 Å². The van der Waals surface area contributed by atoms with Gasteiger partial charge in [0.1, 0.15) is 5.75 Å². The van der Waals surface area contributed by atoms with Crippen molar-refractivity contribution in [2.75, 3.05) is 0 Å². The topological polar surface area (TPSA) is 113 Å². The van der Waals surface area contributed by atoms with Crippen LogP contribution in [0.4, 0.5) is 0 Å². The highest BCUT2D eigenvalue weighted by atomic mass is 32.2. The lowest BCUT2D eigenvalue weighted by atomic mass is 10.1. The summed E-state index contributed by atoms with van der Waals surface area (Å²) in [6.45, 7) is 0. The normalized spacial score (nSPS) is 11.9. The molecule has 2 aromatic rings. The molecule has 7 nitrogen and oxygen atoms in total. The highest BCUT2D eigenvalue weighted by Gasteiger charge is 2.12. The van der Waals surface area contributed by atoms with Gasteiger partial charge in [0.05, 0.1) is 21.8 Å². The van der Waals surface area contributed by atoms with E-state index in [1.165, 1.54) is 30.3 Å². The van der Waals surface area contributed by atoms with Crippen LogP contribution in [-0.2, 0) is 19.5 Å². The third-order valence-electron chi connectivity index (χ3n) is 2.34. The van der Waals surface area contributed by atoms with Crippen LogP contribution < -0.4 is 0 Å². The Balaban J connectivity index is 2.55. The average molecular weight is 304 g/mol. The molecule has 0 amide bonds. The van der Waals surface area contributed by atoms with Crippen LogP contribution in [0.15, 0.2) is 40.1 Å². The molecule has 0 aromatic heterocycles. The molecule has 3 N–H and O–H groups in total. The Morgan fingerprint density at radius 2 is 1.84 bits per heavy atom. The Kier molecular flexibility index (Phi) is 3.94. The number of aromatic hydroxyl groups is 1. The van der Waals surface area contributed by atoms with Gasteiger partial charge in [-0.25, -0.2) is 5.26 Å². The highest BCUT2D eigenvalue weighted by Crippen LogP contribution is 2.34. The summed E-state index contributed by atoms with van der Waals surface area (Å²) in [5.74, 6) is -0.130. The summed E-state index contributed by atoms with van der Waals surface area (Å²) >= 11 is 0.541. The monoisotopic (exact) mass is 304 g/mol. The fraction of sp³-hybridized carbons (Fsp3) is 0. The molecule has 19 heavy (non-hydrogen) atoms. The number of rotatable bonds is 4. The Morgan fingerprint density at radius 3 is 2.47 bits per heavy atom. The molecule has 0 saturated carbocycles. The third kappa shape index (κ3) is 3.15. The lowest BCUT2D eigenvalue weighted by Crippen LogP contribution is -1.97. The first-order valence-corrected chi connectivity index (χ1v) is 6.99. The van der Waals surface area contributed by atoms with E-state index in [0.717, 1.165) is 0 Å². The lowest BCUT2D eigenvalue weighted by Gasteiger charge is -2.06. The second-order valence-electron chi connectivity index (χ2n) is 3.53. The Bertz CT molecular complexity index is 711. The molecule has 0 unspecified atom stereocenters. The van der Waals surface area contributed by atoms with Crippen molar-refractivity contribution in [3.8, 4) is 5.75 Å². The molecule has 102 valence electrons. The first-order chi connectivity index (χ1) is 8.91. The number of phenols is 1. The summed E-state index contributed by atoms with van der Waals surface area (Å²) in [6.07, 6.45) is 0. The Hall–Kier alpha value is -1.36. The van der Waals surface area contributed by atoms with Gasteiger partial charge >= 0.3 is 0 Å². The molecule has 0 spiro atoms. The zero-order valence-corrected chi connectivity index (χ0v) is 10.8. The smallest absolute Gasteiger partial charge is 0.294 e. The average Bonchev–Trinajstić information content (AvgIpc) is 2.34. The molecule has 9 heteroatoms. The molecule has 0 saturated heterocycles. The van der Waals surface area contributed by atoms with Crippen LogP contribution in [0.2, 0.25) is 0 Å². The van der Waals surface area contributed by atoms with Crippen LogP contribution in [0.25, 0.3) is 10.8 Å². The Labute approximate surface area is 112 Å². The van der Waals surface area contributed by atoms with Crippen LogP contribution in [0.5, 0.6) is 5.75 Å². The first-order valence-electron chi connectivity index (χ1n) is 4.81. The summed E-state index contributed by atoms with van der Waals surface area (Å²) in [5.41, 5.74) is 0. The van der Waals surface area contributed by atoms with Gasteiger partial charge < -0.3 is 5.11 Å². The van der Waals surface area contributed by atoms with Gasteiger partial charge in [-0.15, -0.1) is 4.33 Å². The molecule has 0 atom stereocenters. The number of hydrogen-bond donors (Lipinski definition) is 3. The maximum absolute atomic E-state index is 11.0. The summed E-state index contributed by atoms with van der Waals surface area (Å²) in [6, 6.07) is 6.70. The fourth-order valence-corrected chi connectivity index (χ4v) is 2.46. The van der Waals surface area contributed by atoms with Crippen molar-refractivity contribution < 1.29 is 32.7 Å². The van der Waals surface area contributed by atoms with Gasteiger partial charge in [-0.1, -0.05) is 11.1 Å². The van der Waals surface area contributed by atoms with E-state index < -0.39 is 10.1 Å². The molecular weight excluding hydrogens is 296 g/mol. The largest absolute Gasteiger partial charge is 0.507 e. The molecule has 0 radical (unpaired) electrons. The summed E-state index contributed by atoms with van der Waals surface area (Å²) in [7, 11) is -4.30. The number of phenolic OH excluding ortho intramolecular Hbond substituents is 1. The predicted molar refractivity (Wildman–Crippen MR) is 66.1 cm³/mol. The van der Waals surface area contributed by atoms with Gasteiger partial charge in [0.25, 0.3) is 10.1 Å². The molecular formula is C10H8O7S2. The molecule has 0 fully saturated rings. The van der Waals surface area contributed by atoms with E-state index in [1.54, 1.807) is 0 Å². The van der Waals surface area contributed by atoms with E-state index in [4.69, 9.17) is 9.81 Å². The molecule has 0 aliphatic rings. The van der Waals surface area contributed by atoms with Crippen molar-refractivity contribution in [3.05, 3.63) is 30.3 Å². The molecule has 0 heterocycles. The van der Waals surface area contributed by atoms with E-state index in [9.17, 15) is 13.5 Å². The maximum atomic E-state index is 11.0. The van der Waals surface area contributed by atoms with Crippen molar-refractivity contribution in [1.82, 2.24) is 0 Å². The molecule has 0 aliphatic heterocycles. The summed E-state index contributed by atoms with van der Waals surface area (Å²) in [5, 5.41) is 22.1. The molecule has 0 bridgehead atoms. The van der Waals surface area contributed by atoms with Gasteiger partial charge in [0, 0.05) is 0 Å². The van der Waals surface area contributed by atoms with E-state index in [1.807, 2.05) is 0 Å². The minimum Gasteiger partial charge on any atom is -0.507 e. The lowest BCUT2D eigenvalue weighted by molar-refractivity contribution is -0.432. The number of hydrogen-bond acceptors (Lipinski definition) is 7. The van der Waals surface area contributed by atoms with Crippen LogP contribution >= 0.6 is 12.0 Å². The van der Waals surface area contributed by atoms with Gasteiger partial charge in [-0.05, 0) is 35.0 Å². The summed E-state index contributed by atoms with van der Waals surface area (Å²) in [4.78, 5) is -0.0602. The van der Waals surface area contributed by atoms with Gasteiger partial charge in [0.2, 0.25) is 0 Å². The molecule has 0 aliphatic carbocycles. The summed E-state index contributed by atoms with van der Waals surface area (Å²) < 4.78 is 35.2. The van der Waals surface area contributed by atoms with Crippen molar-refractivity contribution in [3.63, 3.8) is 0 Å². The van der Waals surface area contributed by atoms with Crippen LogP contribution in [-0.4, -0.2) is 23.3 Å². The van der Waals surface area contributed by atoms with Crippen molar-refractivity contribution in [2.24, 2.45) is 0 Å². The Morgan fingerprint density at radius 1 is 1.11 bits per heavy atom. The first kappa shape index (κ1) is 14.1. The number of benzene rings is 2. The standard InChI is InChI=1S/C10H8O7S2/c11-9-4-6-1-2-8(19(13,14)15)3-7(6)5-10(9)18-17-16-12/h1-5,11-12H,(H,13,14,15). The zero-order valence-electron chi connectivity index (χ0n) is 9.18. The SMILES string of the molecule is O=S(=O)(O)c1ccc2cc(O)c(SOOO)cc2c1. The molecule has 2 aromatic carbocycles. The quantitative estimate of drug-likeness (QED) is 0.341. The van der Waals surface area contributed by atoms with Crippen LogP contribution in [0, 0.1) is 0 Å². The third-order valence-corrected chi connectivity index (χ3v) is 3.83. The maximum Gasteiger partial charge on any atom is 0.294 e. The molecule has 2 rings (SSSR count). The minimum atomic E-state index is -4.30. The van der Waals surface area contributed by atoms with Gasteiger partial charge in [-0.3, -0.25) is 4.55 Å².